The van der Waals surface area contributed by atoms with Gasteiger partial charge in [0.25, 0.3) is 0 Å². The minimum Gasteiger partial charge on any atom is -0.367 e. The standard InChI is InChI=1S/C17H14B3F2N5/c1-3-24-14-8(2)4-9(5-10(14)21)13-11(22)7-27-15(13)12(6-17(18,19)20)25-16(23)26-27/h3-5,7H,6H2,1-2H3,(H2,23,26). The van der Waals surface area contributed by atoms with Crippen LogP contribution in [0.15, 0.2) is 23.3 Å². The first-order valence-electron chi connectivity index (χ1n) is 8.09. The monoisotopic (exact) mass is 359 g/mol. The number of hydrogen-bond donors (Lipinski definition) is 1. The molecule has 0 atom stereocenters. The van der Waals surface area contributed by atoms with Crippen LogP contribution in [-0.2, 0) is 6.42 Å². The summed E-state index contributed by atoms with van der Waals surface area (Å²) < 4.78 is 30.5. The summed E-state index contributed by atoms with van der Waals surface area (Å²) in [4.78, 5) is 8.10. The minimum atomic E-state index is -1.60. The van der Waals surface area contributed by atoms with Gasteiger partial charge in [0.1, 0.15) is 11.5 Å². The summed E-state index contributed by atoms with van der Waals surface area (Å²) in [7, 11) is 17.0. The Morgan fingerprint density at radius 1 is 1.26 bits per heavy atom. The fraction of sp³-hybridized carbons (Fsp3) is 0.235. The van der Waals surface area contributed by atoms with E-state index in [0.29, 0.717) is 11.1 Å². The predicted octanol–water partition coefficient (Wildman–Crippen LogP) is 2.41. The van der Waals surface area contributed by atoms with Crippen molar-refractivity contribution in [2.45, 2.75) is 25.4 Å². The van der Waals surface area contributed by atoms with Gasteiger partial charge in [0, 0.05) is 11.8 Å². The Hall–Kier alpha value is -2.64. The van der Waals surface area contributed by atoms with E-state index < -0.39 is 16.7 Å². The Morgan fingerprint density at radius 3 is 2.56 bits per heavy atom. The summed E-state index contributed by atoms with van der Waals surface area (Å²) in [6, 6.07) is 2.83. The molecular weight excluding hydrogens is 345 g/mol. The number of aryl methyl sites for hydroxylation is 1. The predicted molar refractivity (Wildman–Crippen MR) is 105 cm³/mol. The van der Waals surface area contributed by atoms with Crippen LogP contribution >= 0.6 is 0 Å². The SMILES string of the molecule is [B]C([B])([B])Cc1nc(N)nn2cc(F)c(-c3cc(C)c(N=CC)c(F)c3)c12. The van der Waals surface area contributed by atoms with Gasteiger partial charge in [-0.3, -0.25) is 4.99 Å². The molecule has 0 unspecified atom stereocenters. The van der Waals surface area contributed by atoms with Gasteiger partial charge in [-0.05, 0) is 43.5 Å². The van der Waals surface area contributed by atoms with Crippen molar-refractivity contribution >= 4 is 46.9 Å². The van der Waals surface area contributed by atoms with Gasteiger partial charge in [0.2, 0.25) is 5.95 Å². The third-order valence-electron chi connectivity index (χ3n) is 3.95. The Morgan fingerprint density at radius 2 is 1.96 bits per heavy atom. The number of anilines is 1. The number of nitrogens with two attached hydrogens (primary N) is 1. The van der Waals surface area contributed by atoms with Gasteiger partial charge in [0.15, 0.2) is 5.82 Å². The second kappa shape index (κ2) is 6.83. The Bertz CT molecular complexity index is 1030. The van der Waals surface area contributed by atoms with Crippen LogP contribution in [0.1, 0.15) is 18.2 Å². The number of nitrogens with zero attached hydrogens (tertiary/aromatic N) is 4. The molecule has 0 bridgehead atoms. The molecule has 0 fully saturated rings. The van der Waals surface area contributed by atoms with Crippen molar-refractivity contribution in [2.75, 3.05) is 5.73 Å². The van der Waals surface area contributed by atoms with Crippen LogP contribution in [0.5, 0.6) is 0 Å². The zero-order valence-electron chi connectivity index (χ0n) is 14.9. The van der Waals surface area contributed by atoms with Crippen LogP contribution in [0.2, 0.25) is 5.11 Å². The number of fused-ring (bicyclic) bond motifs is 1. The molecule has 0 amide bonds. The number of rotatable bonds is 4. The molecule has 0 aliphatic heterocycles. The first kappa shape index (κ1) is 19.1. The van der Waals surface area contributed by atoms with Crippen molar-refractivity contribution in [1.82, 2.24) is 14.6 Å². The number of hydrogen-bond acceptors (Lipinski definition) is 4. The molecule has 6 radical (unpaired) electrons. The van der Waals surface area contributed by atoms with Crippen molar-refractivity contribution in [3.8, 4) is 11.1 Å². The summed E-state index contributed by atoms with van der Waals surface area (Å²) in [5.74, 6) is -1.30. The van der Waals surface area contributed by atoms with Crippen LogP contribution in [-0.4, -0.2) is 44.4 Å². The average Bonchev–Trinajstić information content (AvgIpc) is 2.85. The molecule has 2 aromatic heterocycles. The van der Waals surface area contributed by atoms with Gasteiger partial charge in [0.05, 0.1) is 40.9 Å². The lowest BCUT2D eigenvalue weighted by atomic mass is 9.41. The minimum absolute atomic E-state index is 0.0979. The van der Waals surface area contributed by atoms with Crippen molar-refractivity contribution in [1.29, 1.82) is 0 Å². The fourth-order valence-electron chi connectivity index (χ4n) is 3.00. The highest BCUT2D eigenvalue weighted by molar-refractivity contribution is 6.59. The summed E-state index contributed by atoms with van der Waals surface area (Å²) in [6.07, 6.45) is 2.51. The maximum atomic E-state index is 14.8. The van der Waals surface area contributed by atoms with E-state index in [-0.39, 0.29) is 34.8 Å². The van der Waals surface area contributed by atoms with Gasteiger partial charge >= 0.3 is 0 Å². The van der Waals surface area contributed by atoms with Crippen molar-refractivity contribution in [3.63, 3.8) is 0 Å². The van der Waals surface area contributed by atoms with Crippen molar-refractivity contribution in [2.24, 2.45) is 4.99 Å². The molecule has 0 aliphatic rings. The quantitative estimate of drug-likeness (QED) is 0.575. The first-order chi connectivity index (χ1) is 12.6. The topological polar surface area (TPSA) is 68.6 Å². The maximum absolute atomic E-state index is 14.8. The van der Waals surface area contributed by atoms with E-state index in [4.69, 9.17) is 29.3 Å². The Balaban J connectivity index is 2.31. The van der Waals surface area contributed by atoms with Crippen LogP contribution in [0.4, 0.5) is 20.4 Å². The molecular formula is C17H14B3F2N5. The third-order valence-corrected chi connectivity index (χ3v) is 3.95. The van der Waals surface area contributed by atoms with Crippen LogP contribution in [0.3, 0.4) is 0 Å². The third kappa shape index (κ3) is 3.74. The second-order valence-electron chi connectivity index (χ2n) is 6.36. The molecule has 0 saturated heterocycles. The van der Waals surface area contributed by atoms with Crippen LogP contribution in [0, 0.1) is 18.6 Å². The molecule has 0 aliphatic carbocycles. The fourth-order valence-corrected chi connectivity index (χ4v) is 3.00. The van der Waals surface area contributed by atoms with E-state index >= 15 is 0 Å². The van der Waals surface area contributed by atoms with E-state index in [1.807, 2.05) is 0 Å². The highest BCUT2D eigenvalue weighted by Crippen LogP contribution is 2.36. The number of nitrogen functional groups attached to an aromatic ring is 1. The molecule has 0 spiro atoms. The zero-order chi connectivity index (χ0) is 19.9. The second-order valence-corrected chi connectivity index (χ2v) is 6.36. The number of halogens is 2. The van der Waals surface area contributed by atoms with Crippen molar-refractivity contribution < 1.29 is 8.78 Å². The molecule has 130 valence electrons. The molecule has 2 heterocycles. The van der Waals surface area contributed by atoms with E-state index in [0.717, 1.165) is 6.20 Å². The average molecular weight is 359 g/mol. The number of benzene rings is 1. The van der Waals surface area contributed by atoms with Crippen LogP contribution in [0.25, 0.3) is 16.6 Å². The van der Waals surface area contributed by atoms with E-state index in [1.54, 1.807) is 19.9 Å². The molecule has 10 heteroatoms. The molecule has 1 aromatic carbocycles. The summed E-state index contributed by atoms with van der Waals surface area (Å²) in [6.45, 7) is 3.37. The smallest absolute Gasteiger partial charge is 0.238 e. The molecule has 27 heavy (non-hydrogen) atoms. The summed E-state index contributed by atoms with van der Waals surface area (Å²) in [5.41, 5.74) is 7.33. The lowest BCUT2D eigenvalue weighted by molar-refractivity contribution is 0.624. The summed E-state index contributed by atoms with van der Waals surface area (Å²) >= 11 is 0. The van der Waals surface area contributed by atoms with Gasteiger partial charge in [-0.15, -0.1) is 10.2 Å². The Labute approximate surface area is 159 Å². The zero-order valence-corrected chi connectivity index (χ0v) is 14.9. The highest BCUT2D eigenvalue weighted by atomic mass is 19.1. The number of aliphatic imine (C=N–C) groups is 1. The van der Waals surface area contributed by atoms with Gasteiger partial charge in [-0.25, -0.2) is 18.3 Å². The number of aromatic nitrogens is 3. The van der Waals surface area contributed by atoms with Gasteiger partial charge < -0.3 is 5.73 Å². The molecule has 2 N–H and O–H groups in total. The largest absolute Gasteiger partial charge is 0.367 e. The lowest BCUT2D eigenvalue weighted by Gasteiger charge is -2.20. The van der Waals surface area contributed by atoms with Gasteiger partial charge in [-0.2, -0.15) is 0 Å². The van der Waals surface area contributed by atoms with Crippen LogP contribution < -0.4 is 5.73 Å². The molecule has 0 saturated carbocycles. The lowest BCUT2D eigenvalue weighted by Crippen LogP contribution is -2.18. The normalized spacial score (nSPS) is 12.3. The molecule has 3 rings (SSSR count). The summed E-state index contributed by atoms with van der Waals surface area (Å²) in [5, 5.41) is 2.37. The Kier molecular flexibility index (Phi) is 4.84. The van der Waals surface area contributed by atoms with E-state index in [2.05, 4.69) is 15.1 Å². The maximum Gasteiger partial charge on any atom is 0.238 e. The van der Waals surface area contributed by atoms with E-state index in [1.165, 1.54) is 16.8 Å². The highest BCUT2D eigenvalue weighted by Gasteiger charge is 2.23. The first-order valence-corrected chi connectivity index (χ1v) is 8.09. The van der Waals surface area contributed by atoms with Gasteiger partial charge in [-0.1, -0.05) is 0 Å². The van der Waals surface area contributed by atoms with E-state index in [9.17, 15) is 8.78 Å². The van der Waals surface area contributed by atoms with Crippen molar-refractivity contribution in [3.05, 3.63) is 41.2 Å². The molecule has 3 aromatic rings. The molecule has 5 nitrogen and oxygen atoms in total.